The standard InChI is InChI=1S/C12H23N5O3S/c1-4-10(11(18)20-5-2)21-12-14-15-16-17(12)8-6-13-7-9-19-3/h10,13H,4-9H2,1-3H3. The van der Waals surface area contributed by atoms with Crippen molar-refractivity contribution in [2.75, 3.05) is 33.4 Å². The van der Waals surface area contributed by atoms with Crippen molar-refractivity contribution in [1.82, 2.24) is 25.5 Å². The topological polar surface area (TPSA) is 91.2 Å². The highest BCUT2D eigenvalue weighted by atomic mass is 32.2. The van der Waals surface area contributed by atoms with Gasteiger partial charge in [-0.25, -0.2) is 4.68 Å². The van der Waals surface area contributed by atoms with Gasteiger partial charge in [0.15, 0.2) is 0 Å². The summed E-state index contributed by atoms with van der Waals surface area (Å²) in [5.74, 6) is -0.224. The zero-order valence-electron chi connectivity index (χ0n) is 12.7. The van der Waals surface area contributed by atoms with E-state index in [1.165, 1.54) is 11.8 Å². The molecule has 21 heavy (non-hydrogen) atoms. The van der Waals surface area contributed by atoms with Crippen LogP contribution in [0.2, 0.25) is 0 Å². The molecule has 0 aliphatic carbocycles. The van der Waals surface area contributed by atoms with Gasteiger partial charge in [-0.3, -0.25) is 4.79 Å². The van der Waals surface area contributed by atoms with Crippen LogP contribution in [0.1, 0.15) is 20.3 Å². The predicted octanol–water partition coefficient (Wildman–Crippen LogP) is 0.343. The Morgan fingerprint density at radius 1 is 1.43 bits per heavy atom. The van der Waals surface area contributed by atoms with E-state index in [4.69, 9.17) is 9.47 Å². The summed E-state index contributed by atoms with van der Waals surface area (Å²) in [7, 11) is 1.66. The van der Waals surface area contributed by atoms with E-state index in [1.54, 1.807) is 18.7 Å². The Morgan fingerprint density at radius 3 is 2.90 bits per heavy atom. The Balaban J connectivity index is 2.47. The number of carbonyl (C=O) groups excluding carboxylic acids is 1. The van der Waals surface area contributed by atoms with Crippen LogP contribution >= 0.6 is 11.8 Å². The minimum absolute atomic E-state index is 0.224. The van der Waals surface area contributed by atoms with Crippen molar-refractivity contribution in [3.63, 3.8) is 0 Å². The lowest BCUT2D eigenvalue weighted by atomic mass is 10.3. The zero-order valence-corrected chi connectivity index (χ0v) is 13.6. The van der Waals surface area contributed by atoms with Gasteiger partial charge in [-0.15, -0.1) is 5.10 Å². The van der Waals surface area contributed by atoms with Crippen molar-refractivity contribution in [2.24, 2.45) is 0 Å². The van der Waals surface area contributed by atoms with Crippen molar-refractivity contribution in [2.45, 2.75) is 37.2 Å². The monoisotopic (exact) mass is 317 g/mol. The number of rotatable bonds is 11. The first-order valence-electron chi connectivity index (χ1n) is 7.02. The number of methoxy groups -OCH3 is 1. The SMILES string of the molecule is CCOC(=O)C(CC)Sc1nnnn1CCNCCOC. The molecule has 9 heteroatoms. The molecule has 1 atom stereocenters. The van der Waals surface area contributed by atoms with Crippen molar-refractivity contribution >= 4 is 17.7 Å². The third-order valence-electron chi connectivity index (χ3n) is 2.65. The summed E-state index contributed by atoms with van der Waals surface area (Å²) in [6.45, 7) is 6.93. The first kappa shape index (κ1) is 17.9. The molecule has 0 fully saturated rings. The minimum Gasteiger partial charge on any atom is -0.465 e. The van der Waals surface area contributed by atoms with Gasteiger partial charge in [0.2, 0.25) is 5.16 Å². The predicted molar refractivity (Wildman–Crippen MR) is 79.1 cm³/mol. The molecule has 0 radical (unpaired) electrons. The van der Waals surface area contributed by atoms with Gasteiger partial charge in [-0.2, -0.15) is 0 Å². The van der Waals surface area contributed by atoms with Crippen molar-refractivity contribution in [3.05, 3.63) is 0 Å². The van der Waals surface area contributed by atoms with Gasteiger partial charge >= 0.3 is 5.97 Å². The van der Waals surface area contributed by atoms with Crippen molar-refractivity contribution in [3.8, 4) is 0 Å². The largest absolute Gasteiger partial charge is 0.465 e. The average molecular weight is 317 g/mol. The van der Waals surface area contributed by atoms with Crippen LogP contribution in [0.5, 0.6) is 0 Å². The molecule has 120 valence electrons. The van der Waals surface area contributed by atoms with Gasteiger partial charge in [0.1, 0.15) is 5.25 Å². The van der Waals surface area contributed by atoms with Crippen LogP contribution in [-0.4, -0.2) is 64.8 Å². The molecular weight excluding hydrogens is 294 g/mol. The highest BCUT2D eigenvalue weighted by Crippen LogP contribution is 2.23. The number of thioether (sulfide) groups is 1. The number of hydrogen-bond donors (Lipinski definition) is 1. The quantitative estimate of drug-likeness (QED) is 0.355. The average Bonchev–Trinajstić information content (AvgIpc) is 2.92. The molecule has 0 amide bonds. The van der Waals surface area contributed by atoms with Crippen LogP contribution in [0, 0.1) is 0 Å². The highest BCUT2D eigenvalue weighted by molar-refractivity contribution is 8.00. The minimum atomic E-state index is -0.281. The van der Waals surface area contributed by atoms with Crippen LogP contribution in [-0.2, 0) is 20.8 Å². The van der Waals surface area contributed by atoms with E-state index < -0.39 is 0 Å². The van der Waals surface area contributed by atoms with E-state index in [2.05, 4.69) is 20.8 Å². The molecule has 1 unspecified atom stereocenters. The van der Waals surface area contributed by atoms with Gasteiger partial charge in [0, 0.05) is 20.2 Å². The summed E-state index contributed by atoms with van der Waals surface area (Å²) >= 11 is 1.34. The summed E-state index contributed by atoms with van der Waals surface area (Å²) in [6, 6.07) is 0. The Morgan fingerprint density at radius 2 is 2.24 bits per heavy atom. The molecule has 1 N–H and O–H groups in total. The number of ether oxygens (including phenoxy) is 2. The normalized spacial score (nSPS) is 12.3. The maximum Gasteiger partial charge on any atom is 0.319 e. The second kappa shape index (κ2) is 10.5. The highest BCUT2D eigenvalue weighted by Gasteiger charge is 2.22. The van der Waals surface area contributed by atoms with Crippen molar-refractivity contribution < 1.29 is 14.3 Å². The smallest absolute Gasteiger partial charge is 0.319 e. The van der Waals surface area contributed by atoms with Crippen molar-refractivity contribution in [1.29, 1.82) is 0 Å². The van der Waals surface area contributed by atoms with Crippen LogP contribution in [0.3, 0.4) is 0 Å². The lowest BCUT2D eigenvalue weighted by Crippen LogP contribution is -2.25. The summed E-state index contributed by atoms with van der Waals surface area (Å²) in [6.07, 6.45) is 0.669. The van der Waals surface area contributed by atoms with Gasteiger partial charge in [-0.1, -0.05) is 18.7 Å². The van der Waals surface area contributed by atoms with Gasteiger partial charge in [0.25, 0.3) is 0 Å². The molecular formula is C12H23N5O3S. The molecule has 1 rings (SSSR count). The number of nitrogens with zero attached hydrogens (tertiary/aromatic N) is 4. The van der Waals surface area contributed by atoms with E-state index in [1.807, 2.05) is 6.92 Å². The van der Waals surface area contributed by atoms with Gasteiger partial charge in [0.05, 0.1) is 19.8 Å². The molecule has 0 saturated heterocycles. The third kappa shape index (κ3) is 6.40. The molecule has 1 aromatic heterocycles. The number of esters is 1. The number of hydrogen-bond acceptors (Lipinski definition) is 8. The molecule has 0 aliphatic heterocycles. The Hall–Kier alpha value is -1.19. The number of aromatic nitrogens is 4. The zero-order chi connectivity index (χ0) is 15.5. The summed E-state index contributed by atoms with van der Waals surface area (Å²) in [4.78, 5) is 11.8. The molecule has 0 spiro atoms. The first-order valence-corrected chi connectivity index (χ1v) is 7.90. The second-order valence-corrected chi connectivity index (χ2v) is 5.36. The maximum absolute atomic E-state index is 11.8. The third-order valence-corrected chi connectivity index (χ3v) is 3.96. The van der Waals surface area contributed by atoms with Crippen LogP contribution < -0.4 is 5.32 Å². The Bertz CT molecular complexity index is 415. The molecule has 0 aromatic carbocycles. The lowest BCUT2D eigenvalue weighted by molar-refractivity contribution is -0.142. The van der Waals surface area contributed by atoms with Gasteiger partial charge < -0.3 is 14.8 Å². The van der Waals surface area contributed by atoms with Crippen LogP contribution in [0.15, 0.2) is 5.16 Å². The molecule has 1 heterocycles. The lowest BCUT2D eigenvalue weighted by Gasteiger charge is -2.12. The Labute approximate surface area is 128 Å². The van der Waals surface area contributed by atoms with E-state index in [9.17, 15) is 4.79 Å². The van der Waals surface area contributed by atoms with E-state index in [0.717, 1.165) is 13.1 Å². The number of carbonyl (C=O) groups is 1. The van der Waals surface area contributed by atoms with Crippen LogP contribution in [0.4, 0.5) is 0 Å². The van der Waals surface area contributed by atoms with Gasteiger partial charge in [-0.05, 0) is 23.8 Å². The van der Waals surface area contributed by atoms with E-state index in [0.29, 0.717) is 31.3 Å². The first-order chi connectivity index (χ1) is 10.2. The molecule has 1 aromatic rings. The fraction of sp³-hybridized carbons (Fsp3) is 0.833. The Kier molecular flexibility index (Phi) is 8.95. The molecule has 0 saturated carbocycles. The van der Waals surface area contributed by atoms with Crippen LogP contribution in [0.25, 0.3) is 0 Å². The number of tetrazole rings is 1. The maximum atomic E-state index is 11.8. The number of nitrogens with one attached hydrogen (secondary N) is 1. The summed E-state index contributed by atoms with van der Waals surface area (Å²) in [5, 5.41) is 15.1. The fourth-order valence-electron chi connectivity index (χ4n) is 1.57. The summed E-state index contributed by atoms with van der Waals surface area (Å²) < 4.78 is 11.7. The molecule has 0 aliphatic rings. The van der Waals surface area contributed by atoms with E-state index >= 15 is 0 Å². The molecule has 8 nitrogen and oxygen atoms in total. The summed E-state index contributed by atoms with van der Waals surface area (Å²) in [5.41, 5.74) is 0. The van der Waals surface area contributed by atoms with E-state index in [-0.39, 0.29) is 11.2 Å². The fourth-order valence-corrected chi connectivity index (χ4v) is 2.48. The second-order valence-electron chi connectivity index (χ2n) is 4.19. The molecule has 0 bridgehead atoms.